The number of aryl methyl sites for hydroxylation is 1. The number of carbonyl (C=O) groups is 1. The fraction of sp³-hybridized carbons (Fsp3) is 0.379. The zero-order valence-corrected chi connectivity index (χ0v) is 23.0. The highest BCUT2D eigenvalue weighted by atomic mass is 32.2. The van der Waals surface area contributed by atoms with Crippen LogP contribution in [0, 0.1) is 6.92 Å². The van der Waals surface area contributed by atoms with E-state index in [-0.39, 0.29) is 29.8 Å². The van der Waals surface area contributed by atoms with Gasteiger partial charge in [0.1, 0.15) is 11.4 Å². The number of hydrogen-bond acceptors (Lipinski definition) is 7. The Balaban J connectivity index is 1.61. The summed E-state index contributed by atoms with van der Waals surface area (Å²) in [7, 11) is -2.55. The lowest BCUT2D eigenvalue weighted by Gasteiger charge is -2.31. The van der Waals surface area contributed by atoms with E-state index in [1.165, 1.54) is 23.5 Å². The van der Waals surface area contributed by atoms with Crippen LogP contribution in [0.2, 0.25) is 0 Å². The summed E-state index contributed by atoms with van der Waals surface area (Å²) in [5.74, 6) is -0.0337. The average molecular weight is 554 g/mol. The van der Waals surface area contributed by atoms with Crippen molar-refractivity contribution in [3.8, 4) is 5.75 Å². The third-order valence-corrected chi connectivity index (χ3v) is 8.53. The summed E-state index contributed by atoms with van der Waals surface area (Å²) in [6.45, 7) is 2.20. The molecular formula is C29H35N3O6S. The first-order valence-corrected chi connectivity index (χ1v) is 14.4. The molecule has 0 saturated carbocycles. The van der Waals surface area contributed by atoms with Crippen molar-refractivity contribution in [2.24, 2.45) is 0 Å². The second kappa shape index (κ2) is 13.2. The number of sulfonamides is 1. The number of aliphatic hydroxyl groups is 1. The Hall–Kier alpha value is -3.31. The van der Waals surface area contributed by atoms with Crippen molar-refractivity contribution in [2.75, 3.05) is 26.8 Å². The van der Waals surface area contributed by atoms with Crippen LogP contribution in [0.1, 0.15) is 34.6 Å². The fourth-order valence-corrected chi connectivity index (χ4v) is 6.12. The van der Waals surface area contributed by atoms with Crippen molar-refractivity contribution in [2.45, 2.75) is 49.3 Å². The summed E-state index contributed by atoms with van der Waals surface area (Å²) in [5, 5.41) is 14.4. The van der Waals surface area contributed by atoms with Gasteiger partial charge in [0.05, 0.1) is 30.3 Å². The zero-order valence-electron chi connectivity index (χ0n) is 22.2. The molecule has 1 saturated heterocycles. The quantitative estimate of drug-likeness (QED) is 0.354. The molecule has 2 N–H and O–H groups in total. The molecule has 10 heteroatoms. The first-order valence-electron chi connectivity index (χ1n) is 13.0. The number of carbonyl (C=O) groups excluding carboxylic acids is 1. The fourth-order valence-electron chi connectivity index (χ4n) is 4.60. The van der Waals surface area contributed by atoms with Crippen LogP contribution in [-0.4, -0.2) is 73.8 Å². The standard InChI is InChI=1S/C29H35N3O6S/c1-21-9-6-15-26(30-21)29(34)31-27(17-22-10-4-3-5-11-22)28(33)20-32(19-24-13-8-16-38-24)39(35,36)25-14-7-12-23(18-25)37-2/h3-7,9-12,14-15,18,24,27-28,33H,8,13,16-17,19-20H2,1-2H3,(H,31,34). The zero-order chi connectivity index (χ0) is 27.8. The van der Waals surface area contributed by atoms with Crippen LogP contribution >= 0.6 is 0 Å². The maximum atomic E-state index is 13.8. The van der Waals surface area contributed by atoms with Crippen LogP contribution < -0.4 is 10.1 Å². The smallest absolute Gasteiger partial charge is 0.270 e. The lowest BCUT2D eigenvalue weighted by atomic mass is 10.0. The molecule has 1 aliphatic heterocycles. The molecule has 4 rings (SSSR count). The van der Waals surface area contributed by atoms with Gasteiger partial charge in [-0.25, -0.2) is 13.4 Å². The van der Waals surface area contributed by atoms with E-state index in [9.17, 15) is 18.3 Å². The Kier molecular flexibility index (Phi) is 9.68. The van der Waals surface area contributed by atoms with E-state index in [0.29, 0.717) is 24.5 Å². The van der Waals surface area contributed by atoms with Crippen molar-refractivity contribution in [3.05, 3.63) is 89.7 Å². The minimum absolute atomic E-state index is 0.0552. The molecule has 2 heterocycles. The minimum Gasteiger partial charge on any atom is -0.497 e. The molecule has 0 spiro atoms. The normalized spacial score (nSPS) is 17.1. The monoisotopic (exact) mass is 553 g/mol. The van der Waals surface area contributed by atoms with E-state index < -0.39 is 28.1 Å². The molecule has 3 unspecified atom stereocenters. The van der Waals surface area contributed by atoms with Crippen LogP contribution in [0.25, 0.3) is 0 Å². The number of hydrogen-bond donors (Lipinski definition) is 2. The summed E-state index contributed by atoms with van der Waals surface area (Å²) >= 11 is 0. The Bertz CT molecular complexity index is 1350. The highest BCUT2D eigenvalue weighted by Crippen LogP contribution is 2.24. The topological polar surface area (TPSA) is 118 Å². The second-order valence-corrected chi connectivity index (χ2v) is 11.6. The number of rotatable bonds is 12. The molecule has 0 radical (unpaired) electrons. The molecule has 3 atom stereocenters. The van der Waals surface area contributed by atoms with Crippen LogP contribution in [0.5, 0.6) is 5.75 Å². The first kappa shape index (κ1) is 28.7. The Morgan fingerprint density at radius 3 is 2.62 bits per heavy atom. The molecule has 3 aromatic rings. The van der Waals surface area contributed by atoms with E-state index in [1.54, 1.807) is 37.3 Å². The third kappa shape index (κ3) is 7.63. The van der Waals surface area contributed by atoms with Crippen molar-refractivity contribution in [1.29, 1.82) is 0 Å². The van der Waals surface area contributed by atoms with Gasteiger partial charge >= 0.3 is 0 Å². The molecule has 39 heavy (non-hydrogen) atoms. The van der Waals surface area contributed by atoms with Gasteiger partial charge in [-0.3, -0.25) is 4.79 Å². The number of aromatic nitrogens is 1. The van der Waals surface area contributed by atoms with Crippen molar-refractivity contribution in [3.63, 3.8) is 0 Å². The maximum absolute atomic E-state index is 13.8. The number of nitrogens with zero attached hydrogens (tertiary/aromatic N) is 2. The highest BCUT2D eigenvalue weighted by molar-refractivity contribution is 7.89. The molecule has 1 aromatic heterocycles. The number of aliphatic hydroxyl groups excluding tert-OH is 1. The summed E-state index contributed by atoms with van der Waals surface area (Å²) in [6.07, 6.45) is 0.365. The summed E-state index contributed by atoms with van der Waals surface area (Å²) in [5.41, 5.74) is 1.80. The molecule has 9 nitrogen and oxygen atoms in total. The van der Waals surface area contributed by atoms with Gasteiger partial charge in [-0.05, 0) is 56.0 Å². The third-order valence-electron chi connectivity index (χ3n) is 6.70. The summed E-state index contributed by atoms with van der Waals surface area (Å²) in [4.78, 5) is 17.4. The van der Waals surface area contributed by atoms with Crippen LogP contribution in [0.4, 0.5) is 0 Å². The van der Waals surface area contributed by atoms with Crippen molar-refractivity contribution in [1.82, 2.24) is 14.6 Å². The minimum atomic E-state index is -4.02. The van der Waals surface area contributed by atoms with Gasteiger partial charge in [-0.2, -0.15) is 4.31 Å². The summed E-state index contributed by atoms with van der Waals surface area (Å²) < 4.78 is 39.8. The maximum Gasteiger partial charge on any atom is 0.270 e. The molecule has 208 valence electrons. The molecular weight excluding hydrogens is 518 g/mol. The number of pyridine rings is 1. The second-order valence-electron chi connectivity index (χ2n) is 9.64. The van der Waals surface area contributed by atoms with Gasteiger partial charge in [-0.1, -0.05) is 42.5 Å². The van der Waals surface area contributed by atoms with E-state index in [2.05, 4.69) is 10.3 Å². The molecule has 2 aromatic carbocycles. The Morgan fingerprint density at radius 1 is 1.15 bits per heavy atom. The van der Waals surface area contributed by atoms with Crippen molar-refractivity contribution >= 4 is 15.9 Å². The molecule has 0 bridgehead atoms. The Morgan fingerprint density at radius 2 is 1.92 bits per heavy atom. The van der Waals surface area contributed by atoms with Gasteiger partial charge in [0, 0.05) is 31.5 Å². The highest BCUT2D eigenvalue weighted by Gasteiger charge is 2.34. The molecule has 1 fully saturated rings. The van der Waals surface area contributed by atoms with E-state index in [4.69, 9.17) is 9.47 Å². The van der Waals surface area contributed by atoms with E-state index in [0.717, 1.165) is 18.4 Å². The van der Waals surface area contributed by atoms with E-state index >= 15 is 0 Å². The largest absolute Gasteiger partial charge is 0.497 e. The average Bonchev–Trinajstić information content (AvgIpc) is 3.46. The van der Waals surface area contributed by atoms with Gasteiger partial charge in [0.15, 0.2) is 0 Å². The van der Waals surface area contributed by atoms with Gasteiger partial charge in [-0.15, -0.1) is 0 Å². The Labute approximate surface area is 229 Å². The number of methoxy groups -OCH3 is 1. The lowest BCUT2D eigenvalue weighted by molar-refractivity contribution is 0.0624. The van der Waals surface area contributed by atoms with Gasteiger partial charge < -0.3 is 19.9 Å². The number of nitrogens with one attached hydrogen (secondary N) is 1. The van der Waals surface area contributed by atoms with Crippen LogP contribution in [0.3, 0.4) is 0 Å². The van der Waals surface area contributed by atoms with Gasteiger partial charge in [0.25, 0.3) is 5.91 Å². The van der Waals surface area contributed by atoms with Crippen molar-refractivity contribution < 1.29 is 27.8 Å². The molecule has 1 amide bonds. The number of ether oxygens (including phenoxy) is 2. The number of benzene rings is 2. The number of amides is 1. The molecule has 0 aliphatic carbocycles. The lowest BCUT2D eigenvalue weighted by Crippen LogP contribution is -2.51. The summed E-state index contributed by atoms with van der Waals surface area (Å²) in [6, 6.07) is 20.0. The van der Waals surface area contributed by atoms with Crippen LogP contribution in [0.15, 0.2) is 77.7 Å². The SMILES string of the molecule is COc1cccc(S(=O)(=O)N(CC2CCCO2)CC(O)C(Cc2ccccc2)NC(=O)c2cccc(C)n2)c1. The molecule has 1 aliphatic rings. The predicted octanol–water partition coefficient (Wildman–Crippen LogP) is 2.97. The van der Waals surface area contributed by atoms with Gasteiger partial charge in [0.2, 0.25) is 10.0 Å². The van der Waals surface area contributed by atoms with Crippen LogP contribution in [-0.2, 0) is 21.2 Å². The van der Waals surface area contributed by atoms with E-state index in [1.807, 2.05) is 30.3 Å². The first-order chi connectivity index (χ1) is 18.8. The predicted molar refractivity (Wildman–Crippen MR) is 147 cm³/mol.